The van der Waals surface area contributed by atoms with Gasteiger partial charge in [-0.05, 0) is 43.4 Å². The zero-order valence-electron chi connectivity index (χ0n) is 8.49. The lowest BCUT2D eigenvalue weighted by Gasteiger charge is -2.00. The summed E-state index contributed by atoms with van der Waals surface area (Å²) in [6.45, 7) is 2.62. The minimum Gasteiger partial charge on any atom is -0.494 e. The maximum Gasteiger partial charge on any atom is 0.221 e. The molecule has 0 aliphatic carbocycles. The summed E-state index contributed by atoms with van der Waals surface area (Å²) in [5.41, 5.74) is 8.85. The summed E-state index contributed by atoms with van der Waals surface area (Å²) in [5, 5.41) is 2.98. The van der Waals surface area contributed by atoms with E-state index in [9.17, 15) is 0 Å². The summed E-state index contributed by atoms with van der Waals surface area (Å²) >= 11 is 4.63. The average Bonchev–Trinajstić information content (AvgIpc) is 2.20. The van der Waals surface area contributed by atoms with Crippen LogP contribution < -0.4 is 21.0 Å². The van der Waals surface area contributed by atoms with E-state index >= 15 is 0 Å². The number of hydrazine groups is 1. The van der Waals surface area contributed by atoms with Crippen LogP contribution in [0, 0.1) is 0 Å². The van der Waals surface area contributed by atoms with Gasteiger partial charge in [-0.1, -0.05) is 0 Å². The van der Waals surface area contributed by atoms with Gasteiger partial charge < -0.3 is 10.5 Å². The van der Waals surface area contributed by atoms with Crippen molar-refractivity contribution in [2.24, 2.45) is 5.73 Å². The monoisotopic (exact) mass is 224 g/mol. The first-order valence-corrected chi connectivity index (χ1v) is 5.00. The van der Waals surface area contributed by atoms with Gasteiger partial charge in [0, 0.05) is 5.56 Å². The Balaban J connectivity index is 2.56. The third-order valence-electron chi connectivity index (χ3n) is 1.63. The number of thiocarbonyl (C=S) groups is 1. The highest BCUT2D eigenvalue weighted by Gasteiger charge is 1.94. The normalized spacial score (nSPS) is 10.2. The number of hydrazone groups is 1. The molecule has 1 aromatic rings. The van der Waals surface area contributed by atoms with E-state index in [1.54, 1.807) is 6.21 Å². The molecular weight excluding hydrogens is 210 g/mol. The van der Waals surface area contributed by atoms with E-state index in [4.69, 9.17) is 10.5 Å². The summed E-state index contributed by atoms with van der Waals surface area (Å²) in [6.07, 6.45) is 1.76. The number of benzene rings is 1. The molecule has 1 aromatic carbocycles. The molecule has 0 amide bonds. The van der Waals surface area contributed by atoms with Crippen LogP contribution in [-0.2, 0) is 0 Å². The number of hydrogen-bond donors (Lipinski definition) is 3. The molecule has 0 atom stereocenters. The molecule has 0 radical (unpaired) electrons. The Morgan fingerprint density at radius 2 is 2.20 bits per heavy atom. The number of nitrogens with one attached hydrogen (secondary N) is 2. The molecule has 0 fully saturated rings. The maximum atomic E-state index is 5.31. The highest BCUT2D eigenvalue weighted by atomic mass is 32.1. The Morgan fingerprint density at radius 1 is 1.53 bits per heavy atom. The van der Waals surface area contributed by atoms with Crippen molar-refractivity contribution in [1.82, 2.24) is 5.43 Å². The fourth-order valence-corrected chi connectivity index (χ4v) is 1.08. The van der Waals surface area contributed by atoms with Gasteiger partial charge in [-0.15, -0.1) is 10.5 Å². The molecule has 4 nitrogen and oxygen atoms in total. The van der Waals surface area contributed by atoms with E-state index in [1.165, 1.54) is 0 Å². The largest absolute Gasteiger partial charge is 0.494 e. The van der Waals surface area contributed by atoms with Gasteiger partial charge in [0.15, 0.2) is 6.21 Å². The van der Waals surface area contributed by atoms with Crippen molar-refractivity contribution in [3.63, 3.8) is 0 Å². The second-order valence-corrected chi connectivity index (χ2v) is 3.22. The van der Waals surface area contributed by atoms with E-state index in [-0.39, 0.29) is 5.11 Å². The molecule has 15 heavy (non-hydrogen) atoms. The number of rotatable bonds is 4. The van der Waals surface area contributed by atoms with Crippen molar-refractivity contribution in [1.29, 1.82) is 0 Å². The smallest absolute Gasteiger partial charge is 0.221 e. The van der Waals surface area contributed by atoms with Crippen LogP contribution >= 0.6 is 12.2 Å². The van der Waals surface area contributed by atoms with Gasteiger partial charge in [0.2, 0.25) is 5.11 Å². The fourth-order valence-electron chi connectivity index (χ4n) is 1.02. The molecule has 1 rings (SSSR count). The molecule has 4 N–H and O–H groups in total. The van der Waals surface area contributed by atoms with Crippen LogP contribution in [0.4, 0.5) is 0 Å². The lowest BCUT2D eigenvalue weighted by molar-refractivity contribution is -0.499. The van der Waals surface area contributed by atoms with Gasteiger partial charge in [-0.2, -0.15) is 0 Å². The van der Waals surface area contributed by atoms with Crippen molar-refractivity contribution in [2.45, 2.75) is 6.92 Å². The Kier molecular flexibility index (Phi) is 4.56. The molecule has 80 valence electrons. The summed E-state index contributed by atoms with van der Waals surface area (Å²) in [5.74, 6) is 0.858. The molecule has 0 unspecified atom stereocenters. The minimum absolute atomic E-state index is 0.206. The van der Waals surface area contributed by atoms with Crippen molar-refractivity contribution < 1.29 is 9.84 Å². The topological polar surface area (TPSA) is 61.2 Å². The predicted molar refractivity (Wildman–Crippen MR) is 63.7 cm³/mol. The lowest BCUT2D eigenvalue weighted by atomic mass is 10.2. The molecule has 5 heteroatoms. The van der Waals surface area contributed by atoms with E-state index in [1.807, 2.05) is 31.2 Å². The zero-order valence-corrected chi connectivity index (χ0v) is 9.30. The highest BCUT2D eigenvalue weighted by Crippen LogP contribution is 2.09. The van der Waals surface area contributed by atoms with E-state index < -0.39 is 0 Å². The Labute approximate surface area is 94.1 Å². The molecule has 0 heterocycles. The second-order valence-electron chi connectivity index (χ2n) is 2.78. The van der Waals surface area contributed by atoms with Crippen molar-refractivity contribution >= 4 is 23.5 Å². The third-order valence-corrected chi connectivity index (χ3v) is 1.73. The van der Waals surface area contributed by atoms with E-state index in [2.05, 4.69) is 22.7 Å². The highest BCUT2D eigenvalue weighted by molar-refractivity contribution is 7.80. The first kappa shape index (κ1) is 11.5. The summed E-state index contributed by atoms with van der Waals surface area (Å²) in [6, 6.07) is 7.66. The SMILES string of the molecule is CCOc1ccc(C=[NH+]NC(N)=S)cc1. The first-order chi connectivity index (χ1) is 7.22. The van der Waals surface area contributed by atoms with Crippen molar-refractivity contribution in [3.8, 4) is 5.75 Å². The summed E-state index contributed by atoms with van der Waals surface area (Å²) in [4.78, 5) is 0. The van der Waals surface area contributed by atoms with Crippen molar-refractivity contribution in [3.05, 3.63) is 29.8 Å². The molecule has 0 aliphatic rings. The average molecular weight is 224 g/mol. The van der Waals surface area contributed by atoms with Crippen LogP contribution in [0.15, 0.2) is 24.3 Å². The lowest BCUT2D eigenvalue weighted by Crippen LogP contribution is -2.82. The van der Waals surface area contributed by atoms with Crippen LogP contribution in [0.2, 0.25) is 0 Å². The second kappa shape index (κ2) is 5.98. The molecule has 0 aliphatic heterocycles. The molecule has 0 bridgehead atoms. The third kappa shape index (κ3) is 4.42. The van der Waals surface area contributed by atoms with Crippen LogP contribution in [0.1, 0.15) is 12.5 Å². The summed E-state index contributed by atoms with van der Waals surface area (Å²) in [7, 11) is 0. The van der Waals surface area contributed by atoms with Gasteiger partial charge in [0.1, 0.15) is 5.75 Å². The fraction of sp³-hybridized carbons (Fsp3) is 0.200. The zero-order chi connectivity index (χ0) is 11.1. The molecule has 0 saturated carbocycles. The minimum atomic E-state index is 0.206. The summed E-state index contributed by atoms with van der Waals surface area (Å²) < 4.78 is 5.31. The quantitative estimate of drug-likeness (QED) is 0.361. The van der Waals surface area contributed by atoms with Gasteiger partial charge in [0.05, 0.1) is 6.61 Å². The Bertz CT molecular complexity index is 348. The molecule has 0 saturated heterocycles. The Hall–Kier alpha value is -1.62. The molecule has 0 aromatic heterocycles. The number of nitrogens with two attached hydrogens (primary N) is 1. The van der Waals surface area contributed by atoms with Gasteiger partial charge in [0.25, 0.3) is 0 Å². The van der Waals surface area contributed by atoms with Crippen LogP contribution in [0.3, 0.4) is 0 Å². The predicted octanol–water partition coefficient (Wildman–Crippen LogP) is -0.667. The van der Waals surface area contributed by atoms with Crippen LogP contribution in [0.5, 0.6) is 5.75 Å². The Morgan fingerprint density at radius 3 is 2.73 bits per heavy atom. The molecule has 0 spiro atoms. The van der Waals surface area contributed by atoms with E-state index in [0.717, 1.165) is 11.3 Å². The van der Waals surface area contributed by atoms with Gasteiger partial charge >= 0.3 is 0 Å². The van der Waals surface area contributed by atoms with Crippen LogP contribution in [-0.4, -0.2) is 17.9 Å². The van der Waals surface area contributed by atoms with Crippen LogP contribution in [0.25, 0.3) is 0 Å². The van der Waals surface area contributed by atoms with Gasteiger partial charge in [-0.3, -0.25) is 0 Å². The van der Waals surface area contributed by atoms with Crippen molar-refractivity contribution in [2.75, 3.05) is 6.61 Å². The standard InChI is InChI=1S/C10H13N3OS/c1-2-14-9-5-3-8(4-6-9)7-12-13-10(11)15/h3-7H,2H2,1H3,(H3,11,13,15)/p+1. The maximum absolute atomic E-state index is 5.31. The van der Waals surface area contributed by atoms with E-state index in [0.29, 0.717) is 6.61 Å². The first-order valence-electron chi connectivity index (χ1n) is 4.59. The molecular formula is C10H14N3OS+. The van der Waals surface area contributed by atoms with Gasteiger partial charge in [-0.25, -0.2) is 0 Å². The number of ether oxygens (including phenoxy) is 1. The number of hydrogen-bond acceptors (Lipinski definition) is 2.